The smallest absolute Gasteiger partial charge is 0.359 e. The van der Waals surface area contributed by atoms with Crippen molar-refractivity contribution in [1.82, 2.24) is 0 Å². The van der Waals surface area contributed by atoms with Crippen molar-refractivity contribution in [2.75, 3.05) is 26.2 Å². The van der Waals surface area contributed by atoms with Crippen molar-refractivity contribution in [2.24, 2.45) is 0 Å². The van der Waals surface area contributed by atoms with Gasteiger partial charge in [0.25, 0.3) is 0 Å². The molecule has 0 saturated carbocycles. The molecule has 7 nitrogen and oxygen atoms in total. The minimum Gasteiger partial charge on any atom is -0.544 e. The van der Waals surface area contributed by atoms with Crippen LogP contribution in [0.3, 0.4) is 0 Å². The molecule has 0 rings (SSSR count). The van der Waals surface area contributed by atoms with Gasteiger partial charge in [-0.3, -0.25) is 0 Å². The summed E-state index contributed by atoms with van der Waals surface area (Å²) in [6.07, 6.45) is 14.9. The van der Waals surface area contributed by atoms with E-state index in [0.29, 0.717) is 6.42 Å². The third-order valence-corrected chi connectivity index (χ3v) is 4.55. The van der Waals surface area contributed by atoms with E-state index in [4.69, 9.17) is 10.2 Å². The lowest BCUT2D eigenvalue weighted by Crippen LogP contribution is -2.59. The zero-order chi connectivity index (χ0) is 20.5. The Morgan fingerprint density at radius 2 is 1.26 bits per heavy atom. The van der Waals surface area contributed by atoms with Gasteiger partial charge >= 0.3 is 11.9 Å². The Bertz CT molecular complexity index is 434. The van der Waals surface area contributed by atoms with Crippen molar-refractivity contribution in [2.45, 2.75) is 71.1 Å². The van der Waals surface area contributed by atoms with Gasteiger partial charge in [-0.05, 0) is 38.5 Å². The molecule has 0 aliphatic rings. The first kappa shape index (κ1) is 25.1. The second-order valence-corrected chi connectivity index (χ2v) is 7.22. The predicted molar refractivity (Wildman–Crippen MR) is 101 cm³/mol. The average Bonchev–Trinajstić information content (AvgIpc) is 2.53. The summed E-state index contributed by atoms with van der Waals surface area (Å²) in [5.41, 5.74) is 0. The second-order valence-electron chi connectivity index (χ2n) is 7.22. The first-order valence-corrected chi connectivity index (χ1v) is 9.95. The molecule has 0 atom stereocenters. The molecule has 0 aromatic carbocycles. The summed E-state index contributed by atoms with van der Waals surface area (Å²) in [4.78, 5) is 33.1. The lowest BCUT2D eigenvalue weighted by atomic mass is 10.1. The monoisotopic (exact) mass is 385 g/mol. The second kappa shape index (κ2) is 15.2. The number of carbonyl (C=O) groups excluding carboxylic acids is 1. The van der Waals surface area contributed by atoms with Crippen molar-refractivity contribution >= 4 is 17.9 Å². The minimum absolute atomic E-state index is 0.208. The van der Waals surface area contributed by atoms with E-state index in [9.17, 15) is 19.5 Å². The van der Waals surface area contributed by atoms with E-state index in [1.54, 1.807) is 0 Å². The molecule has 156 valence electrons. The molecular weight excluding hydrogens is 350 g/mol. The molecule has 0 aliphatic carbocycles. The van der Waals surface area contributed by atoms with Crippen LogP contribution in [-0.2, 0) is 14.4 Å². The number of unbranched alkanes of at least 4 members (excludes halogenated alkanes) is 8. The van der Waals surface area contributed by atoms with E-state index >= 15 is 0 Å². The Hall–Kier alpha value is -1.89. The Morgan fingerprint density at radius 1 is 0.778 bits per heavy atom. The van der Waals surface area contributed by atoms with Gasteiger partial charge in [0.2, 0.25) is 0 Å². The highest BCUT2D eigenvalue weighted by molar-refractivity contribution is 5.72. The van der Waals surface area contributed by atoms with Gasteiger partial charge in [0.1, 0.15) is 6.54 Å². The van der Waals surface area contributed by atoms with E-state index in [2.05, 4.69) is 19.1 Å². The van der Waals surface area contributed by atoms with Gasteiger partial charge < -0.3 is 24.6 Å². The SMILES string of the molecule is CCCCCC/C=C/CCCCCC[N+](CC(=O)[O-])(CC(=O)O)CC(=O)O. The van der Waals surface area contributed by atoms with E-state index in [1.807, 2.05) is 0 Å². The molecule has 0 aromatic rings. The highest BCUT2D eigenvalue weighted by atomic mass is 16.4. The highest BCUT2D eigenvalue weighted by Crippen LogP contribution is 2.12. The molecule has 0 spiro atoms. The number of rotatable bonds is 18. The van der Waals surface area contributed by atoms with Gasteiger partial charge in [0.15, 0.2) is 13.1 Å². The van der Waals surface area contributed by atoms with E-state index in [1.165, 1.54) is 25.7 Å². The topological polar surface area (TPSA) is 115 Å². The van der Waals surface area contributed by atoms with Crippen LogP contribution in [0.5, 0.6) is 0 Å². The van der Waals surface area contributed by atoms with E-state index in [0.717, 1.165) is 32.1 Å². The number of carboxylic acid groups (broad SMARTS) is 3. The predicted octanol–water partition coefficient (Wildman–Crippen LogP) is 2.20. The summed E-state index contributed by atoms with van der Waals surface area (Å²) in [6.45, 7) is 0.752. The first-order valence-electron chi connectivity index (χ1n) is 9.95. The fourth-order valence-corrected chi connectivity index (χ4v) is 3.24. The third-order valence-electron chi connectivity index (χ3n) is 4.55. The molecule has 0 fully saturated rings. The van der Waals surface area contributed by atoms with Gasteiger partial charge in [0, 0.05) is 0 Å². The van der Waals surface area contributed by atoms with Gasteiger partial charge in [0.05, 0.1) is 12.5 Å². The maximum atomic E-state index is 11.1. The number of allylic oxidation sites excluding steroid dienone is 2. The van der Waals surface area contributed by atoms with Crippen molar-refractivity contribution < 1.29 is 34.2 Å². The lowest BCUT2D eigenvalue weighted by molar-refractivity contribution is -0.909. The zero-order valence-electron chi connectivity index (χ0n) is 16.5. The Kier molecular flexibility index (Phi) is 14.1. The molecular formula is C20H35NO6. The van der Waals surface area contributed by atoms with Crippen molar-refractivity contribution in [3.63, 3.8) is 0 Å². The maximum Gasteiger partial charge on any atom is 0.359 e. The van der Waals surface area contributed by atoms with Crippen LogP contribution in [0.15, 0.2) is 12.2 Å². The van der Waals surface area contributed by atoms with Gasteiger partial charge in [-0.2, -0.15) is 0 Å². The van der Waals surface area contributed by atoms with Crippen molar-refractivity contribution in [3.05, 3.63) is 12.2 Å². The number of aliphatic carboxylic acids is 3. The van der Waals surface area contributed by atoms with Gasteiger partial charge in [-0.25, -0.2) is 9.59 Å². The molecule has 0 aromatic heterocycles. The third kappa shape index (κ3) is 14.9. The summed E-state index contributed by atoms with van der Waals surface area (Å²) in [6, 6.07) is 0. The minimum atomic E-state index is -1.43. The van der Waals surface area contributed by atoms with Crippen LogP contribution in [-0.4, -0.2) is 58.8 Å². The molecule has 0 amide bonds. The molecule has 0 radical (unpaired) electrons. The Morgan fingerprint density at radius 3 is 1.70 bits per heavy atom. The normalized spacial score (nSPS) is 11.7. The number of nitrogens with zero attached hydrogens (tertiary/aromatic N) is 1. The van der Waals surface area contributed by atoms with Crippen molar-refractivity contribution in [1.29, 1.82) is 0 Å². The van der Waals surface area contributed by atoms with Crippen LogP contribution in [0.4, 0.5) is 0 Å². The standard InChI is InChI=1S/C20H35NO6/c1-2-3-4-5-6-7-8-9-10-11-12-13-14-21(15-18(22)23,16-19(24)25)17-20(26)27/h7-8H,2-6,9-17H2,1H3,(H2-,22,23,24,25,26,27)/b8-7+. The number of carboxylic acids is 3. The Balaban J connectivity index is 4.18. The number of quaternary nitrogens is 1. The molecule has 0 bridgehead atoms. The van der Waals surface area contributed by atoms with Crippen LogP contribution in [0.2, 0.25) is 0 Å². The van der Waals surface area contributed by atoms with Crippen LogP contribution < -0.4 is 5.11 Å². The summed E-state index contributed by atoms with van der Waals surface area (Å²) >= 11 is 0. The quantitative estimate of drug-likeness (QED) is 0.212. The first-order chi connectivity index (χ1) is 12.8. The number of hydrogen-bond acceptors (Lipinski definition) is 4. The number of carbonyl (C=O) groups is 3. The van der Waals surface area contributed by atoms with Gasteiger partial charge in [-0.1, -0.05) is 44.8 Å². The van der Waals surface area contributed by atoms with E-state index < -0.39 is 42.0 Å². The molecule has 0 aliphatic heterocycles. The summed E-state index contributed by atoms with van der Waals surface area (Å²) in [7, 11) is 0. The lowest BCUT2D eigenvalue weighted by Gasteiger charge is -2.36. The molecule has 7 heteroatoms. The summed E-state index contributed by atoms with van der Waals surface area (Å²) in [5.74, 6) is -3.84. The summed E-state index contributed by atoms with van der Waals surface area (Å²) in [5, 5.41) is 29.0. The van der Waals surface area contributed by atoms with E-state index in [-0.39, 0.29) is 6.54 Å². The average molecular weight is 386 g/mol. The Labute approximate surface area is 162 Å². The zero-order valence-corrected chi connectivity index (χ0v) is 16.5. The molecule has 0 heterocycles. The van der Waals surface area contributed by atoms with Crippen LogP contribution in [0.25, 0.3) is 0 Å². The van der Waals surface area contributed by atoms with Crippen LogP contribution in [0.1, 0.15) is 71.1 Å². The largest absolute Gasteiger partial charge is 0.544 e. The maximum absolute atomic E-state index is 11.1. The molecule has 27 heavy (non-hydrogen) atoms. The number of hydrogen-bond donors (Lipinski definition) is 2. The fourth-order valence-electron chi connectivity index (χ4n) is 3.24. The molecule has 0 saturated heterocycles. The highest BCUT2D eigenvalue weighted by Gasteiger charge is 2.33. The molecule has 0 unspecified atom stereocenters. The van der Waals surface area contributed by atoms with Crippen LogP contribution >= 0.6 is 0 Å². The van der Waals surface area contributed by atoms with Crippen LogP contribution in [0, 0.1) is 0 Å². The molecule has 2 N–H and O–H groups in total. The van der Waals surface area contributed by atoms with Crippen molar-refractivity contribution in [3.8, 4) is 0 Å². The fraction of sp³-hybridized carbons (Fsp3) is 0.750. The van der Waals surface area contributed by atoms with Gasteiger partial charge in [-0.15, -0.1) is 0 Å². The summed E-state index contributed by atoms with van der Waals surface area (Å²) < 4.78 is -0.509.